The van der Waals surface area contributed by atoms with Crippen LogP contribution >= 0.6 is 0 Å². The third-order valence-electron chi connectivity index (χ3n) is 5.41. The molecule has 1 aromatic carbocycles. The molecule has 1 saturated heterocycles. The van der Waals surface area contributed by atoms with Gasteiger partial charge in [-0.15, -0.1) is 0 Å². The van der Waals surface area contributed by atoms with Crippen LogP contribution < -0.4 is 15.7 Å². The van der Waals surface area contributed by atoms with Crippen molar-refractivity contribution in [1.82, 2.24) is 10.2 Å². The van der Waals surface area contributed by atoms with Gasteiger partial charge in [0.05, 0.1) is 7.11 Å². The fourth-order valence-corrected chi connectivity index (χ4v) is 3.89. The number of benzene rings is 1. The van der Waals surface area contributed by atoms with Gasteiger partial charge in [-0.2, -0.15) is 0 Å². The van der Waals surface area contributed by atoms with E-state index in [2.05, 4.69) is 17.1 Å². The topological polar surface area (TPSA) is 71.8 Å². The average Bonchev–Trinajstić information content (AvgIpc) is 3.11. The average molecular weight is 372 g/mol. The SMILES string of the molecule is CCN1CCCC1CNC(=O)CCc1cc2c(C)cc(=O)oc2cc1OC. The van der Waals surface area contributed by atoms with Crippen LogP contribution in [0.3, 0.4) is 0 Å². The summed E-state index contributed by atoms with van der Waals surface area (Å²) in [6.07, 6.45) is 3.33. The Bertz CT molecular complexity index is 874. The molecule has 1 aliphatic rings. The summed E-state index contributed by atoms with van der Waals surface area (Å²) >= 11 is 0. The first-order valence-corrected chi connectivity index (χ1v) is 9.64. The Kier molecular flexibility index (Phi) is 6.16. The standard InChI is InChI=1S/C21H28N2O4/c1-4-23-9-5-6-16(23)13-22-20(24)8-7-15-11-17-14(2)10-21(25)27-19(17)12-18(15)26-3/h10-12,16H,4-9,13H2,1-3H3,(H,22,24). The summed E-state index contributed by atoms with van der Waals surface area (Å²) < 4.78 is 10.7. The number of carbonyl (C=O) groups excluding carboxylic acids is 1. The summed E-state index contributed by atoms with van der Waals surface area (Å²) in [5.74, 6) is 0.688. The van der Waals surface area contributed by atoms with Crippen molar-refractivity contribution in [3.05, 3.63) is 39.7 Å². The van der Waals surface area contributed by atoms with Crippen LogP contribution in [-0.4, -0.2) is 43.6 Å². The van der Waals surface area contributed by atoms with E-state index in [1.807, 2.05) is 13.0 Å². The first kappa shape index (κ1) is 19.4. The van der Waals surface area contributed by atoms with Crippen LogP contribution in [0.2, 0.25) is 0 Å². The highest BCUT2D eigenvalue weighted by Crippen LogP contribution is 2.28. The minimum Gasteiger partial charge on any atom is -0.496 e. The van der Waals surface area contributed by atoms with Crippen molar-refractivity contribution in [2.24, 2.45) is 0 Å². The summed E-state index contributed by atoms with van der Waals surface area (Å²) in [4.78, 5) is 26.3. The number of ether oxygens (including phenoxy) is 1. The summed E-state index contributed by atoms with van der Waals surface area (Å²) in [6.45, 7) is 6.91. The molecule has 146 valence electrons. The molecule has 0 aliphatic carbocycles. The highest BCUT2D eigenvalue weighted by Gasteiger charge is 2.23. The largest absolute Gasteiger partial charge is 0.496 e. The molecule has 1 fully saturated rings. The molecular formula is C21H28N2O4. The predicted molar refractivity (Wildman–Crippen MR) is 105 cm³/mol. The molecule has 6 nitrogen and oxygen atoms in total. The molecule has 6 heteroatoms. The van der Waals surface area contributed by atoms with Crippen molar-refractivity contribution in [3.8, 4) is 5.75 Å². The number of rotatable bonds is 7. The highest BCUT2D eigenvalue weighted by atomic mass is 16.5. The number of nitrogens with one attached hydrogen (secondary N) is 1. The number of hydrogen-bond acceptors (Lipinski definition) is 5. The molecule has 1 unspecified atom stereocenters. The number of aryl methyl sites for hydroxylation is 2. The zero-order chi connectivity index (χ0) is 19.4. The van der Waals surface area contributed by atoms with E-state index < -0.39 is 0 Å². The fraction of sp³-hybridized carbons (Fsp3) is 0.524. The molecule has 2 aromatic rings. The second-order valence-electron chi connectivity index (χ2n) is 7.14. The van der Waals surface area contributed by atoms with E-state index in [1.165, 1.54) is 12.5 Å². The second kappa shape index (κ2) is 8.57. The first-order valence-electron chi connectivity index (χ1n) is 9.64. The van der Waals surface area contributed by atoms with Gasteiger partial charge in [0.2, 0.25) is 5.91 Å². The third kappa shape index (κ3) is 4.50. The number of likely N-dealkylation sites (N-methyl/N-ethyl adjacent to an activating group) is 1. The summed E-state index contributed by atoms with van der Waals surface area (Å²) in [7, 11) is 1.58. The van der Waals surface area contributed by atoms with Gasteiger partial charge in [-0.25, -0.2) is 4.79 Å². The lowest BCUT2D eigenvalue weighted by molar-refractivity contribution is -0.121. The molecule has 1 aliphatic heterocycles. The van der Waals surface area contributed by atoms with Crippen molar-refractivity contribution in [2.75, 3.05) is 26.7 Å². The van der Waals surface area contributed by atoms with E-state index >= 15 is 0 Å². The monoisotopic (exact) mass is 372 g/mol. The molecular weight excluding hydrogens is 344 g/mol. The Morgan fingerprint density at radius 1 is 1.37 bits per heavy atom. The number of fused-ring (bicyclic) bond motifs is 1. The highest BCUT2D eigenvalue weighted by molar-refractivity contribution is 5.83. The van der Waals surface area contributed by atoms with E-state index in [1.54, 1.807) is 13.2 Å². The van der Waals surface area contributed by atoms with Crippen molar-refractivity contribution >= 4 is 16.9 Å². The zero-order valence-corrected chi connectivity index (χ0v) is 16.3. The van der Waals surface area contributed by atoms with Crippen LogP contribution in [0.25, 0.3) is 11.0 Å². The van der Waals surface area contributed by atoms with Gasteiger partial charge in [0.15, 0.2) is 0 Å². The maximum Gasteiger partial charge on any atom is 0.336 e. The van der Waals surface area contributed by atoms with Crippen molar-refractivity contribution in [3.63, 3.8) is 0 Å². The Morgan fingerprint density at radius 2 is 2.19 bits per heavy atom. The van der Waals surface area contributed by atoms with Crippen molar-refractivity contribution < 1.29 is 13.9 Å². The fourth-order valence-electron chi connectivity index (χ4n) is 3.89. The van der Waals surface area contributed by atoms with Gasteiger partial charge >= 0.3 is 5.63 Å². The third-order valence-corrected chi connectivity index (χ3v) is 5.41. The van der Waals surface area contributed by atoms with Crippen LogP contribution in [0.5, 0.6) is 5.75 Å². The number of carbonyl (C=O) groups is 1. The van der Waals surface area contributed by atoms with Crippen LogP contribution in [0.15, 0.2) is 27.4 Å². The van der Waals surface area contributed by atoms with E-state index in [0.29, 0.717) is 36.8 Å². The molecule has 3 rings (SSSR count). The minimum absolute atomic E-state index is 0.0522. The number of hydrogen-bond donors (Lipinski definition) is 1. The summed E-state index contributed by atoms with van der Waals surface area (Å²) in [5, 5.41) is 3.94. The van der Waals surface area contributed by atoms with Crippen molar-refractivity contribution in [2.45, 2.75) is 45.6 Å². The number of amides is 1. The molecule has 0 saturated carbocycles. The first-order chi connectivity index (χ1) is 13.0. The Labute approximate surface area is 159 Å². The lowest BCUT2D eigenvalue weighted by Crippen LogP contribution is -2.40. The number of methoxy groups -OCH3 is 1. The van der Waals surface area contributed by atoms with Gasteiger partial charge in [0.1, 0.15) is 11.3 Å². The number of nitrogens with zero attached hydrogens (tertiary/aromatic N) is 1. The van der Waals surface area contributed by atoms with E-state index in [-0.39, 0.29) is 11.5 Å². The molecule has 0 radical (unpaired) electrons. The lowest BCUT2D eigenvalue weighted by Gasteiger charge is -2.22. The molecule has 2 heterocycles. The van der Waals surface area contributed by atoms with Crippen LogP contribution in [-0.2, 0) is 11.2 Å². The van der Waals surface area contributed by atoms with Crippen LogP contribution in [0, 0.1) is 6.92 Å². The molecule has 0 bridgehead atoms. The van der Waals surface area contributed by atoms with Gasteiger partial charge in [0.25, 0.3) is 0 Å². The lowest BCUT2D eigenvalue weighted by atomic mass is 10.0. The maximum atomic E-state index is 12.3. The quantitative estimate of drug-likeness (QED) is 0.757. The van der Waals surface area contributed by atoms with E-state index in [9.17, 15) is 9.59 Å². The second-order valence-corrected chi connectivity index (χ2v) is 7.14. The van der Waals surface area contributed by atoms with Gasteiger partial charge in [-0.05, 0) is 56.5 Å². The smallest absolute Gasteiger partial charge is 0.336 e. The normalized spacial score (nSPS) is 17.4. The van der Waals surface area contributed by atoms with E-state index in [4.69, 9.17) is 9.15 Å². The Balaban J connectivity index is 1.65. The van der Waals surface area contributed by atoms with Gasteiger partial charge in [-0.1, -0.05) is 6.92 Å². The maximum absolute atomic E-state index is 12.3. The van der Waals surface area contributed by atoms with Crippen LogP contribution in [0.1, 0.15) is 37.3 Å². The zero-order valence-electron chi connectivity index (χ0n) is 16.3. The van der Waals surface area contributed by atoms with Gasteiger partial charge < -0.3 is 14.5 Å². The molecule has 1 N–H and O–H groups in total. The Hall–Kier alpha value is -2.34. The minimum atomic E-state index is -0.373. The van der Waals surface area contributed by atoms with Crippen LogP contribution in [0.4, 0.5) is 0 Å². The van der Waals surface area contributed by atoms with Crippen molar-refractivity contribution in [1.29, 1.82) is 0 Å². The van der Waals surface area contributed by atoms with E-state index in [0.717, 1.165) is 36.0 Å². The molecule has 1 atom stereocenters. The molecule has 1 aromatic heterocycles. The predicted octanol–water partition coefficient (Wildman–Crippen LogP) is 2.64. The van der Waals surface area contributed by atoms with Gasteiger partial charge in [-0.3, -0.25) is 9.69 Å². The summed E-state index contributed by atoms with van der Waals surface area (Å²) in [5.41, 5.74) is 1.93. The Morgan fingerprint density at radius 3 is 2.93 bits per heavy atom. The summed E-state index contributed by atoms with van der Waals surface area (Å²) in [6, 6.07) is 5.62. The molecule has 0 spiro atoms. The number of likely N-dealkylation sites (tertiary alicyclic amines) is 1. The van der Waals surface area contributed by atoms with Gasteiger partial charge in [0, 0.05) is 36.5 Å². The molecule has 27 heavy (non-hydrogen) atoms. The molecule has 1 amide bonds.